The van der Waals surface area contributed by atoms with Gasteiger partial charge in [-0.25, -0.2) is 0 Å². The molecule has 0 aliphatic carbocycles. The number of methoxy groups -OCH3 is 2. The topological polar surface area (TPSA) is 58.3 Å². The van der Waals surface area contributed by atoms with Crippen LogP contribution in [0.15, 0.2) is 18.2 Å². The first-order valence-electron chi connectivity index (χ1n) is 7.31. The van der Waals surface area contributed by atoms with Crippen LogP contribution in [0.5, 0.6) is 5.75 Å². The van der Waals surface area contributed by atoms with Crippen LogP contribution < -0.4 is 15.4 Å². The molecular weight excluding hydrogens is 298 g/mol. The summed E-state index contributed by atoms with van der Waals surface area (Å²) in [5.74, 6) is 0.873. The lowest BCUT2D eigenvalue weighted by Crippen LogP contribution is -2.37. The van der Waals surface area contributed by atoms with E-state index in [0.29, 0.717) is 18.3 Å². The van der Waals surface area contributed by atoms with Crippen LogP contribution in [0.1, 0.15) is 11.3 Å². The van der Waals surface area contributed by atoms with Crippen LogP contribution in [0.25, 0.3) is 10.9 Å². The van der Waals surface area contributed by atoms with Gasteiger partial charge in [-0.2, -0.15) is 0 Å². The second kappa shape index (κ2) is 8.00. The highest BCUT2D eigenvalue weighted by Gasteiger charge is 2.09. The fourth-order valence-corrected chi connectivity index (χ4v) is 2.64. The van der Waals surface area contributed by atoms with Crippen LogP contribution >= 0.6 is 12.2 Å². The van der Waals surface area contributed by atoms with Crippen molar-refractivity contribution in [1.82, 2.24) is 15.6 Å². The van der Waals surface area contributed by atoms with Gasteiger partial charge in [0.05, 0.1) is 13.7 Å². The van der Waals surface area contributed by atoms with Crippen molar-refractivity contribution in [3.63, 3.8) is 0 Å². The molecule has 1 aromatic carbocycles. The molecule has 0 aliphatic rings. The molecule has 1 heterocycles. The lowest BCUT2D eigenvalue weighted by molar-refractivity contribution is 0.204. The van der Waals surface area contributed by atoms with Crippen LogP contribution in [0, 0.1) is 6.92 Å². The minimum atomic E-state index is 0.642. The molecule has 0 spiro atoms. The molecule has 3 N–H and O–H groups in total. The summed E-state index contributed by atoms with van der Waals surface area (Å²) >= 11 is 5.22. The number of nitrogens with one attached hydrogen (secondary N) is 3. The number of fused-ring (bicyclic) bond motifs is 1. The van der Waals surface area contributed by atoms with Gasteiger partial charge in [-0.05, 0) is 49.3 Å². The molecule has 0 amide bonds. The van der Waals surface area contributed by atoms with Gasteiger partial charge in [0.2, 0.25) is 0 Å². The van der Waals surface area contributed by atoms with Gasteiger partial charge in [-0.15, -0.1) is 0 Å². The van der Waals surface area contributed by atoms with Gasteiger partial charge in [0.25, 0.3) is 0 Å². The summed E-state index contributed by atoms with van der Waals surface area (Å²) in [6, 6.07) is 6.09. The average molecular weight is 321 g/mol. The maximum absolute atomic E-state index is 5.31. The highest BCUT2D eigenvalue weighted by Crippen LogP contribution is 2.26. The number of aromatic nitrogens is 1. The molecule has 5 nitrogen and oxygen atoms in total. The van der Waals surface area contributed by atoms with Crippen LogP contribution in [-0.2, 0) is 11.2 Å². The van der Waals surface area contributed by atoms with E-state index < -0.39 is 0 Å². The number of hydrogen-bond donors (Lipinski definition) is 3. The van der Waals surface area contributed by atoms with E-state index in [9.17, 15) is 0 Å². The minimum Gasteiger partial charge on any atom is -0.497 e. The summed E-state index contributed by atoms with van der Waals surface area (Å²) in [7, 11) is 3.36. The van der Waals surface area contributed by atoms with E-state index in [2.05, 4.69) is 34.7 Å². The van der Waals surface area contributed by atoms with Crippen molar-refractivity contribution in [2.24, 2.45) is 0 Å². The first-order chi connectivity index (χ1) is 10.7. The maximum Gasteiger partial charge on any atom is 0.166 e. The molecule has 0 saturated carbocycles. The van der Waals surface area contributed by atoms with Gasteiger partial charge >= 0.3 is 0 Å². The molecule has 22 heavy (non-hydrogen) atoms. The monoisotopic (exact) mass is 321 g/mol. The highest BCUT2D eigenvalue weighted by molar-refractivity contribution is 7.80. The Morgan fingerprint density at radius 2 is 2.00 bits per heavy atom. The van der Waals surface area contributed by atoms with E-state index in [1.165, 1.54) is 16.6 Å². The quantitative estimate of drug-likeness (QED) is 0.539. The molecule has 0 bridgehead atoms. The highest BCUT2D eigenvalue weighted by atomic mass is 32.1. The van der Waals surface area contributed by atoms with Crippen molar-refractivity contribution in [3.8, 4) is 5.75 Å². The summed E-state index contributed by atoms with van der Waals surface area (Å²) in [5.41, 5.74) is 3.61. The number of H-pyrrole nitrogens is 1. The van der Waals surface area contributed by atoms with Crippen molar-refractivity contribution in [2.75, 3.05) is 33.9 Å². The van der Waals surface area contributed by atoms with E-state index in [-0.39, 0.29) is 0 Å². The molecule has 2 aromatic rings. The SMILES string of the molecule is COCCNC(=S)NCCc1c(C)[nH]c2ccc(OC)cc12. The molecule has 0 aliphatic heterocycles. The summed E-state index contributed by atoms with van der Waals surface area (Å²) in [4.78, 5) is 3.41. The van der Waals surface area contributed by atoms with Gasteiger partial charge in [0.1, 0.15) is 5.75 Å². The number of ether oxygens (including phenoxy) is 2. The van der Waals surface area contributed by atoms with Crippen LogP contribution in [0.3, 0.4) is 0 Å². The average Bonchev–Trinajstić information content (AvgIpc) is 2.82. The Hall–Kier alpha value is -1.79. The lowest BCUT2D eigenvalue weighted by atomic mass is 10.1. The fourth-order valence-electron chi connectivity index (χ4n) is 2.44. The zero-order chi connectivity index (χ0) is 15.9. The van der Waals surface area contributed by atoms with Gasteiger partial charge in [0.15, 0.2) is 5.11 Å². The third kappa shape index (κ3) is 4.11. The Morgan fingerprint density at radius 3 is 2.73 bits per heavy atom. The Kier molecular flexibility index (Phi) is 6.03. The van der Waals surface area contributed by atoms with E-state index in [1.54, 1.807) is 14.2 Å². The Morgan fingerprint density at radius 1 is 1.23 bits per heavy atom. The molecule has 0 unspecified atom stereocenters. The van der Waals surface area contributed by atoms with Gasteiger partial charge in [-0.1, -0.05) is 0 Å². The molecular formula is C16H23N3O2S. The first-order valence-corrected chi connectivity index (χ1v) is 7.72. The predicted molar refractivity (Wildman–Crippen MR) is 93.8 cm³/mol. The van der Waals surface area contributed by atoms with E-state index in [0.717, 1.165) is 24.2 Å². The van der Waals surface area contributed by atoms with Gasteiger partial charge in [0, 0.05) is 36.8 Å². The molecule has 1 aromatic heterocycles. The number of hydrogen-bond acceptors (Lipinski definition) is 3. The van der Waals surface area contributed by atoms with Gasteiger partial charge < -0.3 is 25.1 Å². The number of thiocarbonyl (C=S) groups is 1. The van der Waals surface area contributed by atoms with Crippen molar-refractivity contribution >= 4 is 28.2 Å². The summed E-state index contributed by atoms with van der Waals surface area (Å²) in [5, 5.41) is 8.19. The molecule has 120 valence electrons. The number of aryl methyl sites for hydroxylation is 1. The van der Waals surface area contributed by atoms with Gasteiger partial charge in [-0.3, -0.25) is 0 Å². The zero-order valence-electron chi connectivity index (χ0n) is 13.3. The summed E-state index contributed by atoms with van der Waals surface area (Å²) in [6.07, 6.45) is 0.894. The summed E-state index contributed by atoms with van der Waals surface area (Å²) < 4.78 is 10.3. The third-order valence-corrected chi connectivity index (χ3v) is 3.87. The largest absolute Gasteiger partial charge is 0.497 e. The number of aromatic amines is 1. The van der Waals surface area contributed by atoms with E-state index >= 15 is 0 Å². The number of rotatable bonds is 7. The van der Waals surface area contributed by atoms with Crippen molar-refractivity contribution < 1.29 is 9.47 Å². The zero-order valence-corrected chi connectivity index (χ0v) is 14.1. The van der Waals surface area contributed by atoms with Crippen LogP contribution in [0.4, 0.5) is 0 Å². The maximum atomic E-state index is 5.31. The first kappa shape index (κ1) is 16.6. The normalized spacial score (nSPS) is 10.7. The third-order valence-electron chi connectivity index (χ3n) is 3.58. The van der Waals surface area contributed by atoms with Crippen molar-refractivity contribution in [3.05, 3.63) is 29.5 Å². The molecule has 2 rings (SSSR count). The second-order valence-electron chi connectivity index (χ2n) is 5.07. The minimum absolute atomic E-state index is 0.642. The van der Waals surface area contributed by atoms with Crippen LogP contribution in [0.2, 0.25) is 0 Å². The smallest absolute Gasteiger partial charge is 0.166 e. The molecule has 0 radical (unpaired) electrons. The second-order valence-corrected chi connectivity index (χ2v) is 5.47. The lowest BCUT2D eigenvalue weighted by Gasteiger charge is -2.10. The fraction of sp³-hybridized carbons (Fsp3) is 0.438. The standard InChI is InChI=1S/C16H23N3O2S/c1-11-13(6-7-17-16(22)18-8-9-20-2)14-10-12(21-3)4-5-15(14)19-11/h4-5,10,19H,6-9H2,1-3H3,(H2,17,18,22). The molecule has 6 heteroatoms. The van der Waals surface area contributed by atoms with Crippen LogP contribution in [-0.4, -0.2) is 44.0 Å². The Labute approximate surface area is 136 Å². The van der Waals surface area contributed by atoms with Crippen molar-refractivity contribution in [1.29, 1.82) is 0 Å². The van der Waals surface area contributed by atoms with E-state index in [4.69, 9.17) is 21.7 Å². The Bertz CT molecular complexity index is 640. The Balaban J connectivity index is 1.96. The predicted octanol–water partition coefficient (Wildman–Crippen LogP) is 2.14. The van der Waals surface area contributed by atoms with Crippen molar-refractivity contribution in [2.45, 2.75) is 13.3 Å². The molecule has 0 saturated heterocycles. The molecule has 0 fully saturated rings. The molecule has 0 atom stereocenters. The van der Waals surface area contributed by atoms with E-state index in [1.807, 2.05) is 6.07 Å². The number of benzene rings is 1. The summed E-state index contributed by atoms with van der Waals surface area (Å²) in [6.45, 7) is 4.23.